The maximum absolute atomic E-state index is 2.35. The topological polar surface area (TPSA) is 0 Å². The normalized spacial score (nSPS) is 11.4. The van der Waals surface area contributed by atoms with E-state index in [0.717, 1.165) is 0 Å². The smallest absolute Gasteiger partial charge is 0.00268 e. The number of hydrogen-bond donors (Lipinski definition) is 0. The van der Waals surface area contributed by atoms with Gasteiger partial charge >= 0.3 is 0 Å². The van der Waals surface area contributed by atoms with Crippen LogP contribution in [0.5, 0.6) is 0 Å². The van der Waals surface area contributed by atoms with Gasteiger partial charge in [-0.15, -0.1) is 0 Å². The van der Waals surface area contributed by atoms with E-state index < -0.39 is 0 Å². The van der Waals surface area contributed by atoms with Crippen molar-refractivity contribution in [3.63, 3.8) is 0 Å². The second kappa shape index (κ2) is 14.2. The zero-order valence-corrected chi connectivity index (χ0v) is 31.9. The Hall–Kier alpha value is -7.54. The van der Waals surface area contributed by atoms with Gasteiger partial charge in [0.05, 0.1) is 0 Å². The van der Waals surface area contributed by atoms with Crippen molar-refractivity contribution in [3.8, 4) is 66.8 Å². The molecule has 0 aliphatic heterocycles. The monoisotopic (exact) mass is 734 g/mol. The first-order chi connectivity index (χ1) is 28.7. The van der Waals surface area contributed by atoms with Gasteiger partial charge in [-0.3, -0.25) is 0 Å². The molecule has 0 saturated heterocycles. The second-order valence-electron chi connectivity index (χ2n) is 15.3. The average molecular weight is 735 g/mol. The van der Waals surface area contributed by atoms with E-state index in [1.165, 1.54) is 110 Å². The van der Waals surface area contributed by atoms with Gasteiger partial charge in [-0.05, 0) is 134 Å². The van der Waals surface area contributed by atoms with Gasteiger partial charge < -0.3 is 0 Å². The van der Waals surface area contributed by atoms with Crippen LogP contribution in [0, 0.1) is 0 Å². The van der Waals surface area contributed by atoms with Gasteiger partial charge in [0.2, 0.25) is 0 Å². The lowest BCUT2D eigenvalue weighted by molar-refractivity contribution is 1.59. The Morgan fingerprint density at radius 2 is 0.603 bits per heavy atom. The first-order valence-electron chi connectivity index (χ1n) is 20.1. The Morgan fingerprint density at radius 1 is 0.172 bits per heavy atom. The molecule has 0 heteroatoms. The van der Waals surface area contributed by atoms with Crippen LogP contribution in [-0.4, -0.2) is 0 Å². The number of benzene rings is 11. The Labute approximate surface area is 339 Å². The quantitative estimate of drug-likeness (QED) is 0.149. The summed E-state index contributed by atoms with van der Waals surface area (Å²) in [5, 5.41) is 10.1. The van der Waals surface area contributed by atoms with Crippen molar-refractivity contribution >= 4 is 43.1 Å². The van der Waals surface area contributed by atoms with E-state index in [1.807, 2.05) is 0 Å². The average Bonchev–Trinajstić information content (AvgIpc) is 3.31. The minimum absolute atomic E-state index is 1.21. The van der Waals surface area contributed by atoms with Crippen LogP contribution in [0.15, 0.2) is 231 Å². The zero-order chi connectivity index (χ0) is 38.4. The van der Waals surface area contributed by atoms with Crippen LogP contribution in [0.3, 0.4) is 0 Å². The van der Waals surface area contributed by atoms with Crippen LogP contribution < -0.4 is 0 Å². The van der Waals surface area contributed by atoms with Gasteiger partial charge in [0, 0.05) is 0 Å². The summed E-state index contributed by atoms with van der Waals surface area (Å²) < 4.78 is 0. The fraction of sp³-hybridized carbons (Fsp3) is 0. The minimum atomic E-state index is 1.21. The molecule has 0 aliphatic carbocycles. The van der Waals surface area contributed by atoms with Gasteiger partial charge in [-0.1, -0.05) is 206 Å². The van der Waals surface area contributed by atoms with Crippen LogP contribution in [0.1, 0.15) is 0 Å². The second-order valence-corrected chi connectivity index (χ2v) is 15.3. The Bertz CT molecular complexity index is 3280. The van der Waals surface area contributed by atoms with Crippen LogP contribution >= 0.6 is 0 Å². The molecule has 0 unspecified atom stereocenters. The van der Waals surface area contributed by atoms with Crippen molar-refractivity contribution in [2.75, 3.05) is 0 Å². The third-order valence-corrected chi connectivity index (χ3v) is 11.9. The van der Waals surface area contributed by atoms with E-state index in [1.54, 1.807) is 0 Å². The van der Waals surface area contributed by atoms with Gasteiger partial charge in [0.25, 0.3) is 0 Å². The van der Waals surface area contributed by atoms with Crippen molar-refractivity contribution in [3.05, 3.63) is 231 Å². The van der Waals surface area contributed by atoms with Crippen molar-refractivity contribution in [1.29, 1.82) is 0 Å². The van der Waals surface area contributed by atoms with Crippen LogP contribution in [0.25, 0.3) is 110 Å². The molecular weight excluding hydrogens is 697 g/mol. The fourth-order valence-corrected chi connectivity index (χ4v) is 8.88. The predicted molar refractivity (Wildman–Crippen MR) is 249 cm³/mol. The van der Waals surface area contributed by atoms with Crippen LogP contribution in [0.2, 0.25) is 0 Å². The maximum atomic E-state index is 2.35. The lowest BCUT2D eigenvalue weighted by Gasteiger charge is -2.16. The molecular formula is C58H38. The third kappa shape index (κ3) is 6.04. The van der Waals surface area contributed by atoms with Crippen molar-refractivity contribution < 1.29 is 0 Å². The summed E-state index contributed by atoms with van der Waals surface area (Å²) in [5.41, 5.74) is 14.8. The molecule has 0 bridgehead atoms. The third-order valence-electron chi connectivity index (χ3n) is 11.9. The molecule has 0 saturated carbocycles. The van der Waals surface area contributed by atoms with Gasteiger partial charge in [0.15, 0.2) is 0 Å². The van der Waals surface area contributed by atoms with Crippen molar-refractivity contribution in [2.24, 2.45) is 0 Å². The summed E-state index contributed by atoms with van der Waals surface area (Å²) in [4.78, 5) is 0. The highest BCUT2D eigenvalue weighted by Gasteiger charge is 2.14. The van der Waals surface area contributed by atoms with E-state index >= 15 is 0 Å². The number of hydrogen-bond acceptors (Lipinski definition) is 0. The molecule has 0 amide bonds. The molecule has 11 rings (SSSR count). The summed E-state index contributed by atoms with van der Waals surface area (Å²) in [6.07, 6.45) is 0. The van der Waals surface area contributed by atoms with Gasteiger partial charge in [0.1, 0.15) is 0 Å². The molecule has 58 heavy (non-hydrogen) atoms. The van der Waals surface area contributed by atoms with E-state index in [4.69, 9.17) is 0 Å². The molecule has 11 aromatic rings. The molecule has 11 aromatic carbocycles. The molecule has 0 radical (unpaired) electrons. The predicted octanol–water partition coefficient (Wildman–Crippen LogP) is 16.3. The van der Waals surface area contributed by atoms with E-state index in [0.29, 0.717) is 0 Å². The van der Waals surface area contributed by atoms with E-state index in [2.05, 4.69) is 231 Å². The molecule has 0 aromatic heterocycles. The first kappa shape index (κ1) is 33.8. The lowest BCUT2D eigenvalue weighted by Crippen LogP contribution is -1.89. The van der Waals surface area contributed by atoms with E-state index in [-0.39, 0.29) is 0 Å². The lowest BCUT2D eigenvalue weighted by atomic mass is 9.88. The van der Waals surface area contributed by atoms with Gasteiger partial charge in [-0.2, -0.15) is 0 Å². The van der Waals surface area contributed by atoms with Gasteiger partial charge in [-0.25, -0.2) is 0 Å². The summed E-state index contributed by atoms with van der Waals surface area (Å²) >= 11 is 0. The number of rotatable bonds is 6. The van der Waals surface area contributed by atoms with Crippen LogP contribution in [0.4, 0.5) is 0 Å². The highest BCUT2D eigenvalue weighted by molar-refractivity contribution is 6.14. The SMILES string of the molecule is c1ccc(-c2ccc3c(-c4ccccc4)c(-c4ccc5cc(-c6ccc(-c7ccc(-c8cc9ccccc9c9ccccc89)cc7)cc6)ccc5c4)ccc3c2)cc1. The molecule has 0 nitrogen and oxygen atoms in total. The molecule has 0 N–H and O–H groups in total. The number of fused-ring (bicyclic) bond motifs is 5. The molecule has 0 aliphatic rings. The molecule has 0 fully saturated rings. The van der Waals surface area contributed by atoms with Crippen molar-refractivity contribution in [2.45, 2.75) is 0 Å². The summed E-state index contributed by atoms with van der Waals surface area (Å²) in [6.45, 7) is 0. The minimum Gasteiger partial charge on any atom is -0.0622 e. The fourth-order valence-electron chi connectivity index (χ4n) is 8.88. The zero-order valence-electron chi connectivity index (χ0n) is 31.9. The largest absolute Gasteiger partial charge is 0.0622 e. The summed E-state index contributed by atoms with van der Waals surface area (Å²) in [5.74, 6) is 0. The molecule has 0 spiro atoms. The van der Waals surface area contributed by atoms with E-state index in [9.17, 15) is 0 Å². The Kier molecular flexibility index (Phi) is 8.26. The Morgan fingerprint density at radius 3 is 1.29 bits per heavy atom. The molecule has 270 valence electrons. The Balaban J connectivity index is 0.889. The van der Waals surface area contributed by atoms with Crippen LogP contribution in [-0.2, 0) is 0 Å². The first-order valence-corrected chi connectivity index (χ1v) is 20.1. The highest BCUT2D eigenvalue weighted by Crippen LogP contribution is 2.41. The standard InChI is InChI=1S/C58H38/c1-3-11-39(12-4-1)46-31-33-53-51(36-46)32-34-54(58(53)44-13-5-2-6-14-44)50-30-29-47-35-45(27-28-48(47)37-50)42-21-19-40(20-22-42)41-23-25-43(26-24-41)57-38-49-15-7-8-16-52(49)55-17-9-10-18-56(55)57/h1-38H. The summed E-state index contributed by atoms with van der Waals surface area (Å²) in [7, 11) is 0. The van der Waals surface area contributed by atoms with Crippen molar-refractivity contribution in [1.82, 2.24) is 0 Å². The highest BCUT2D eigenvalue weighted by atomic mass is 14.2. The molecule has 0 heterocycles. The summed E-state index contributed by atoms with van der Waals surface area (Å²) in [6, 6.07) is 84.4. The molecule has 0 atom stereocenters. The maximum Gasteiger partial charge on any atom is -0.00268 e.